The molecule has 0 radical (unpaired) electrons. The van der Waals surface area contributed by atoms with Crippen LogP contribution in [0.25, 0.3) is 0 Å². The highest BCUT2D eigenvalue weighted by atomic mass is 32.2. The number of rotatable bonds is 8. The average molecular weight is 275 g/mol. The Bertz CT molecular complexity index is 390. The third kappa shape index (κ3) is 5.95. The first-order valence-corrected chi connectivity index (χ1v) is 7.77. The molecule has 1 aromatic heterocycles. The van der Waals surface area contributed by atoms with Crippen molar-refractivity contribution < 1.29 is 14.1 Å². The van der Waals surface area contributed by atoms with Crippen molar-refractivity contribution in [2.75, 3.05) is 18.1 Å². The van der Waals surface area contributed by atoms with Gasteiger partial charge in [0.25, 0.3) is 0 Å². The van der Waals surface area contributed by atoms with E-state index in [2.05, 4.69) is 5.32 Å². The van der Waals surface area contributed by atoms with Crippen molar-refractivity contribution in [3.05, 3.63) is 21.9 Å². The number of hydrogen-bond donors (Lipinski definition) is 2. The van der Waals surface area contributed by atoms with Crippen molar-refractivity contribution in [2.24, 2.45) is 0 Å². The summed E-state index contributed by atoms with van der Waals surface area (Å²) in [6, 6.07) is 3.78. The van der Waals surface area contributed by atoms with Crippen LogP contribution in [0.15, 0.2) is 12.1 Å². The summed E-state index contributed by atoms with van der Waals surface area (Å²) in [5.74, 6) is 0.567. The van der Waals surface area contributed by atoms with E-state index in [1.165, 1.54) is 11.3 Å². The monoisotopic (exact) mass is 275 g/mol. The van der Waals surface area contributed by atoms with Gasteiger partial charge in [-0.2, -0.15) is 0 Å². The minimum absolute atomic E-state index is 0.0878. The molecule has 0 aliphatic carbocycles. The van der Waals surface area contributed by atoms with Gasteiger partial charge in [0.15, 0.2) is 0 Å². The van der Waals surface area contributed by atoms with Crippen LogP contribution in [0.4, 0.5) is 0 Å². The molecule has 1 heterocycles. The molecule has 1 rings (SSSR count). The second kappa shape index (κ2) is 7.58. The lowest BCUT2D eigenvalue weighted by Crippen LogP contribution is -2.20. The van der Waals surface area contributed by atoms with Crippen molar-refractivity contribution in [3.8, 4) is 0 Å². The fraction of sp³-hybridized carbons (Fsp3) is 0.545. The van der Waals surface area contributed by atoms with Crippen LogP contribution in [0, 0.1) is 0 Å². The van der Waals surface area contributed by atoms with Gasteiger partial charge in [-0.15, -0.1) is 11.3 Å². The van der Waals surface area contributed by atoms with Crippen molar-refractivity contribution >= 4 is 28.1 Å². The van der Waals surface area contributed by atoms with Gasteiger partial charge in [-0.3, -0.25) is 9.00 Å². The number of thiophene rings is 1. The fourth-order valence-electron chi connectivity index (χ4n) is 1.30. The Labute approximate surface area is 108 Å². The van der Waals surface area contributed by atoms with E-state index in [-0.39, 0.29) is 6.42 Å². The van der Waals surface area contributed by atoms with Crippen molar-refractivity contribution in [2.45, 2.75) is 19.9 Å². The van der Waals surface area contributed by atoms with E-state index in [1.54, 1.807) is 0 Å². The van der Waals surface area contributed by atoms with E-state index in [0.29, 0.717) is 18.1 Å². The van der Waals surface area contributed by atoms with E-state index >= 15 is 0 Å². The second-order valence-corrected chi connectivity index (χ2v) is 6.67. The van der Waals surface area contributed by atoms with Crippen LogP contribution in [-0.2, 0) is 28.6 Å². The Balaban J connectivity index is 2.25. The van der Waals surface area contributed by atoms with Crippen LogP contribution in [0.3, 0.4) is 0 Å². The van der Waals surface area contributed by atoms with Crippen LogP contribution in [0.2, 0.25) is 0 Å². The highest BCUT2D eigenvalue weighted by molar-refractivity contribution is 7.84. The molecule has 96 valence electrons. The molecule has 0 aliphatic rings. The summed E-state index contributed by atoms with van der Waals surface area (Å²) in [6.07, 6.45) is 0.0878. The lowest BCUT2D eigenvalue weighted by atomic mass is 10.3. The van der Waals surface area contributed by atoms with E-state index < -0.39 is 16.8 Å². The molecule has 2 N–H and O–H groups in total. The van der Waals surface area contributed by atoms with Gasteiger partial charge in [-0.25, -0.2) is 0 Å². The summed E-state index contributed by atoms with van der Waals surface area (Å²) in [7, 11) is -0.724. The maximum absolute atomic E-state index is 11.2. The molecule has 17 heavy (non-hydrogen) atoms. The van der Waals surface area contributed by atoms with Gasteiger partial charge >= 0.3 is 5.97 Å². The van der Waals surface area contributed by atoms with Gasteiger partial charge in [0.2, 0.25) is 0 Å². The van der Waals surface area contributed by atoms with Crippen LogP contribution in [0.5, 0.6) is 0 Å². The summed E-state index contributed by atoms with van der Waals surface area (Å²) < 4.78 is 11.2. The summed E-state index contributed by atoms with van der Waals surface area (Å²) in [6.45, 7) is 3.35. The third-order valence-corrected chi connectivity index (χ3v) is 4.56. The number of hydrogen-bond acceptors (Lipinski definition) is 4. The van der Waals surface area contributed by atoms with Gasteiger partial charge < -0.3 is 10.4 Å². The smallest absolute Gasteiger partial charge is 0.308 e. The molecular weight excluding hydrogens is 258 g/mol. The zero-order chi connectivity index (χ0) is 12.7. The normalized spacial score (nSPS) is 12.5. The second-order valence-electron chi connectivity index (χ2n) is 3.55. The van der Waals surface area contributed by atoms with E-state index in [9.17, 15) is 9.00 Å². The van der Waals surface area contributed by atoms with Crippen molar-refractivity contribution in [1.29, 1.82) is 0 Å². The third-order valence-electron chi connectivity index (χ3n) is 2.17. The maximum atomic E-state index is 11.2. The molecule has 1 atom stereocenters. The minimum atomic E-state index is -0.801. The molecule has 0 fully saturated rings. The summed E-state index contributed by atoms with van der Waals surface area (Å²) >= 11 is 1.51. The molecule has 6 heteroatoms. The summed E-state index contributed by atoms with van der Waals surface area (Å²) in [5.41, 5.74) is 0. The van der Waals surface area contributed by atoms with Gasteiger partial charge in [0.05, 0.1) is 6.42 Å². The molecule has 1 aromatic rings. The van der Waals surface area contributed by atoms with Crippen molar-refractivity contribution in [1.82, 2.24) is 5.32 Å². The van der Waals surface area contributed by atoms with Crippen molar-refractivity contribution in [3.63, 3.8) is 0 Å². The van der Waals surface area contributed by atoms with E-state index in [1.807, 2.05) is 19.1 Å². The number of aliphatic carboxylic acids is 1. The molecule has 0 bridgehead atoms. The van der Waals surface area contributed by atoms with Crippen LogP contribution in [-0.4, -0.2) is 33.3 Å². The molecule has 0 saturated heterocycles. The van der Waals surface area contributed by atoms with Crippen LogP contribution >= 0.6 is 11.3 Å². The molecular formula is C11H17NO3S2. The Morgan fingerprint density at radius 1 is 1.47 bits per heavy atom. The van der Waals surface area contributed by atoms with Gasteiger partial charge in [-0.1, -0.05) is 6.92 Å². The predicted molar refractivity (Wildman–Crippen MR) is 70.9 cm³/mol. The molecule has 1 unspecified atom stereocenters. The average Bonchev–Trinajstić information content (AvgIpc) is 2.70. The van der Waals surface area contributed by atoms with Crippen LogP contribution in [0.1, 0.15) is 16.7 Å². The van der Waals surface area contributed by atoms with Gasteiger partial charge in [-0.05, 0) is 12.1 Å². The highest BCUT2D eigenvalue weighted by Crippen LogP contribution is 2.16. The van der Waals surface area contributed by atoms with Gasteiger partial charge in [0.1, 0.15) is 0 Å². The quantitative estimate of drug-likeness (QED) is 0.700. The van der Waals surface area contributed by atoms with E-state index in [0.717, 1.165) is 16.3 Å². The molecule has 0 amide bonds. The summed E-state index contributed by atoms with van der Waals surface area (Å²) in [4.78, 5) is 12.5. The Hall–Kier alpha value is -0.720. The number of carbonyl (C=O) groups is 1. The topological polar surface area (TPSA) is 66.4 Å². The first kappa shape index (κ1) is 14.3. The molecule has 4 nitrogen and oxygen atoms in total. The Morgan fingerprint density at radius 3 is 2.82 bits per heavy atom. The SMILES string of the molecule is CCS(=O)CCNCc1ccc(CC(=O)O)s1. The number of carboxylic acid groups (broad SMARTS) is 1. The number of carboxylic acids is 1. The maximum Gasteiger partial charge on any atom is 0.308 e. The molecule has 0 spiro atoms. The number of nitrogens with one attached hydrogen (secondary N) is 1. The zero-order valence-electron chi connectivity index (χ0n) is 9.77. The van der Waals surface area contributed by atoms with Gasteiger partial charge in [0, 0.05) is 45.1 Å². The molecule has 0 aromatic carbocycles. The summed E-state index contributed by atoms with van der Waals surface area (Å²) in [5, 5.41) is 11.8. The Kier molecular flexibility index (Phi) is 6.39. The zero-order valence-corrected chi connectivity index (χ0v) is 11.4. The first-order valence-electron chi connectivity index (χ1n) is 5.47. The highest BCUT2D eigenvalue weighted by Gasteiger charge is 2.04. The standard InChI is InChI=1S/C11H17NO3S2/c1-2-17(15)6-5-12-8-10-4-3-9(16-10)7-11(13)14/h3-4,12H,2,5-8H2,1H3,(H,13,14). The largest absolute Gasteiger partial charge is 0.481 e. The first-order chi connectivity index (χ1) is 8.11. The molecule has 0 aliphatic heterocycles. The molecule has 0 saturated carbocycles. The fourth-order valence-corrected chi connectivity index (χ4v) is 2.94. The van der Waals surface area contributed by atoms with E-state index in [4.69, 9.17) is 5.11 Å². The van der Waals surface area contributed by atoms with Crippen LogP contribution < -0.4 is 5.32 Å². The minimum Gasteiger partial charge on any atom is -0.481 e. The lowest BCUT2D eigenvalue weighted by molar-refractivity contribution is -0.136. The lowest BCUT2D eigenvalue weighted by Gasteiger charge is -2.01. The Morgan fingerprint density at radius 2 is 2.18 bits per heavy atom. The predicted octanol–water partition coefficient (Wildman–Crippen LogP) is 1.23.